The van der Waals surface area contributed by atoms with Gasteiger partial charge in [-0.05, 0) is 24.6 Å². The van der Waals surface area contributed by atoms with Gasteiger partial charge in [0.25, 0.3) is 0 Å². The smallest absolute Gasteiger partial charge is 0.307 e. The largest absolute Gasteiger partial charge is 0.493 e. The first-order chi connectivity index (χ1) is 7.72. The van der Waals surface area contributed by atoms with Crippen LogP contribution in [0.5, 0.6) is 5.75 Å². The molecule has 1 aromatic heterocycles. The van der Waals surface area contributed by atoms with Gasteiger partial charge in [-0.3, -0.25) is 4.79 Å². The second-order valence-electron chi connectivity index (χ2n) is 3.50. The Kier molecular flexibility index (Phi) is 2.81. The molecule has 0 fully saturated rings. The van der Waals surface area contributed by atoms with Crippen molar-refractivity contribution in [1.29, 1.82) is 0 Å². The molecule has 0 aliphatic heterocycles. The summed E-state index contributed by atoms with van der Waals surface area (Å²) in [4.78, 5) is 13.8. The summed E-state index contributed by atoms with van der Waals surface area (Å²) in [6, 6.07) is 5.64. The fourth-order valence-electron chi connectivity index (χ4n) is 1.80. The van der Waals surface area contributed by atoms with Crippen molar-refractivity contribution in [2.75, 3.05) is 6.61 Å². The third-order valence-electron chi connectivity index (χ3n) is 2.39. The molecule has 0 unspecified atom stereocenters. The van der Waals surface area contributed by atoms with Gasteiger partial charge in [-0.1, -0.05) is 6.07 Å². The summed E-state index contributed by atoms with van der Waals surface area (Å²) >= 11 is 0. The van der Waals surface area contributed by atoms with Crippen LogP contribution in [0.3, 0.4) is 0 Å². The Bertz CT molecular complexity index is 516. The molecular formula is C12H13NO3. The van der Waals surface area contributed by atoms with Crippen molar-refractivity contribution in [3.05, 3.63) is 30.0 Å². The van der Waals surface area contributed by atoms with Crippen molar-refractivity contribution in [1.82, 2.24) is 4.98 Å². The Morgan fingerprint density at radius 3 is 3.00 bits per heavy atom. The lowest BCUT2D eigenvalue weighted by molar-refractivity contribution is -0.136. The maximum atomic E-state index is 10.7. The number of aliphatic carboxylic acids is 1. The number of H-pyrrole nitrogens is 1. The fourth-order valence-corrected chi connectivity index (χ4v) is 1.80. The normalized spacial score (nSPS) is 10.6. The van der Waals surface area contributed by atoms with Crippen LogP contribution in [0.2, 0.25) is 0 Å². The lowest BCUT2D eigenvalue weighted by atomic mass is 10.1. The van der Waals surface area contributed by atoms with Gasteiger partial charge in [0.1, 0.15) is 5.75 Å². The zero-order valence-electron chi connectivity index (χ0n) is 8.99. The molecule has 2 N–H and O–H groups in total. The molecule has 84 valence electrons. The summed E-state index contributed by atoms with van der Waals surface area (Å²) in [7, 11) is 0. The number of fused-ring (bicyclic) bond motifs is 1. The van der Waals surface area contributed by atoms with E-state index in [-0.39, 0.29) is 6.42 Å². The second-order valence-corrected chi connectivity index (χ2v) is 3.50. The first-order valence-corrected chi connectivity index (χ1v) is 5.16. The SMILES string of the molecule is CCOc1cccc2[nH]cc(CC(=O)O)c12. The first kappa shape index (κ1) is 10.5. The highest BCUT2D eigenvalue weighted by atomic mass is 16.5. The number of carbonyl (C=O) groups is 1. The van der Waals surface area contributed by atoms with Crippen LogP contribution in [0.25, 0.3) is 10.9 Å². The Morgan fingerprint density at radius 2 is 2.31 bits per heavy atom. The summed E-state index contributed by atoms with van der Waals surface area (Å²) < 4.78 is 5.49. The Hall–Kier alpha value is -1.97. The van der Waals surface area contributed by atoms with Crippen molar-refractivity contribution in [2.24, 2.45) is 0 Å². The lowest BCUT2D eigenvalue weighted by Crippen LogP contribution is -2.00. The summed E-state index contributed by atoms with van der Waals surface area (Å²) in [5, 5.41) is 9.68. The van der Waals surface area contributed by atoms with E-state index in [1.54, 1.807) is 6.20 Å². The van der Waals surface area contributed by atoms with Crippen LogP contribution in [-0.4, -0.2) is 22.7 Å². The third-order valence-corrected chi connectivity index (χ3v) is 2.39. The number of nitrogens with one attached hydrogen (secondary N) is 1. The van der Waals surface area contributed by atoms with Crippen molar-refractivity contribution >= 4 is 16.9 Å². The van der Waals surface area contributed by atoms with Gasteiger partial charge in [-0.2, -0.15) is 0 Å². The number of benzene rings is 1. The third kappa shape index (κ3) is 1.86. The van der Waals surface area contributed by atoms with Gasteiger partial charge in [0.2, 0.25) is 0 Å². The Labute approximate surface area is 92.9 Å². The van der Waals surface area contributed by atoms with Crippen LogP contribution in [0.15, 0.2) is 24.4 Å². The van der Waals surface area contributed by atoms with Gasteiger partial charge >= 0.3 is 5.97 Å². The average molecular weight is 219 g/mol. The molecule has 1 heterocycles. The zero-order valence-corrected chi connectivity index (χ0v) is 8.99. The Balaban J connectivity index is 2.53. The van der Waals surface area contributed by atoms with E-state index in [2.05, 4.69) is 4.98 Å². The van der Waals surface area contributed by atoms with Gasteiger partial charge < -0.3 is 14.8 Å². The molecular weight excluding hydrogens is 206 g/mol. The molecule has 0 amide bonds. The highest BCUT2D eigenvalue weighted by molar-refractivity contribution is 5.91. The molecule has 0 aliphatic carbocycles. The predicted octanol–water partition coefficient (Wildman–Crippen LogP) is 2.19. The number of carboxylic acids is 1. The monoisotopic (exact) mass is 219 g/mol. The molecule has 2 aromatic rings. The van der Waals surface area contributed by atoms with Crippen LogP contribution < -0.4 is 4.74 Å². The summed E-state index contributed by atoms with van der Waals surface area (Å²) in [5.41, 5.74) is 1.66. The van der Waals surface area contributed by atoms with Crippen molar-refractivity contribution in [3.8, 4) is 5.75 Å². The molecule has 1 aromatic carbocycles. The fraction of sp³-hybridized carbons (Fsp3) is 0.250. The molecule has 0 aliphatic rings. The van der Waals surface area contributed by atoms with Gasteiger partial charge in [0, 0.05) is 17.1 Å². The molecule has 4 heteroatoms. The highest BCUT2D eigenvalue weighted by Gasteiger charge is 2.11. The topological polar surface area (TPSA) is 62.3 Å². The van der Waals surface area contributed by atoms with E-state index >= 15 is 0 Å². The minimum Gasteiger partial charge on any atom is -0.493 e. The van der Waals surface area contributed by atoms with Crippen molar-refractivity contribution in [2.45, 2.75) is 13.3 Å². The minimum absolute atomic E-state index is 0.00406. The van der Waals surface area contributed by atoms with E-state index < -0.39 is 5.97 Å². The standard InChI is InChI=1S/C12H13NO3/c1-2-16-10-5-3-4-9-12(10)8(7-13-9)6-11(14)15/h3-5,7,13H,2,6H2,1H3,(H,14,15). The van der Waals surface area contributed by atoms with Gasteiger partial charge in [0.15, 0.2) is 0 Å². The number of hydrogen-bond donors (Lipinski definition) is 2. The van der Waals surface area contributed by atoms with Crippen LogP contribution in [0.1, 0.15) is 12.5 Å². The maximum absolute atomic E-state index is 10.7. The van der Waals surface area contributed by atoms with E-state index in [1.807, 2.05) is 25.1 Å². The van der Waals surface area contributed by atoms with Crippen LogP contribution in [0.4, 0.5) is 0 Å². The number of carboxylic acid groups (broad SMARTS) is 1. The van der Waals surface area contributed by atoms with Gasteiger partial charge in [0.05, 0.1) is 13.0 Å². The average Bonchev–Trinajstić information content (AvgIpc) is 2.62. The lowest BCUT2D eigenvalue weighted by Gasteiger charge is -2.05. The van der Waals surface area contributed by atoms with E-state index in [1.165, 1.54) is 0 Å². The van der Waals surface area contributed by atoms with Crippen molar-refractivity contribution < 1.29 is 14.6 Å². The predicted molar refractivity (Wildman–Crippen MR) is 60.8 cm³/mol. The maximum Gasteiger partial charge on any atom is 0.307 e. The van der Waals surface area contributed by atoms with E-state index in [9.17, 15) is 4.79 Å². The summed E-state index contributed by atoms with van der Waals surface area (Å²) in [6.45, 7) is 2.47. The van der Waals surface area contributed by atoms with E-state index in [0.29, 0.717) is 6.61 Å². The Morgan fingerprint density at radius 1 is 1.50 bits per heavy atom. The quantitative estimate of drug-likeness (QED) is 0.828. The molecule has 0 bridgehead atoms. The number of aromatic amines is 1. The molecule has 4 nitrogen and oxygen atoms in total. The van der Waals surface area contributed by atoms with Crippen LogP contribution in [0, 0.1) is 0 Å². The molecule has 0 saturated heterocycles. The van der Waals surface area contributed by atoms with Gasteiger partial charge in [-0.25, -0.2) is 0 Å². The number of ether oxygens (including phenoxy) is 1. The minimum atomic E-state index is -0.841. The molecule has 2 rings (SSSR count). The summed E-state index contributed by atoms with van der Waals surface area (Å²) in [5.74, 6) is -0.107. The second kappa shape index (κ2) is 4.26. The molecule has 0 atom stereocenters. The summed E-state index contributed by atoms with van der Waals surface area (Å²) in [6.07, 6.45) is 1.73. The van der Waals surface area contributed by atoms with Crippen molar-refractivity contribution in [3.63, 3.8) is 0 Å². The van der Waals surface area contributed by atoms with Crippen LogP contribution in [-0.2, 0) is 11.2 Å². The number of rotatable bonds is 4. The molecule has 0 saturated carbocycles. The molecule has 0 radical (unpaired) electrons. The number of aromatic nitrogens is 1. The highest BCUT2D eigenvalue weighted by Crippen LogP contribution is 2.29. The van der Waals surface area contributed by atoms with E-state index in [0.717, 1.165) is 22.2 Å². The van der Waals surface area contributed by atoms with Crippen LogP contribution >= 0.6 is 0 Å². The number of hydrogen-bond acceptors (Lipinski definition) is 2. The first-order valence-electron chi connectivity index (χ1n) is 5.16. The molecule has 16 heavy (non-hydrogen) atoms. The van der Waals surface area contributed by atoms with Gasteiger partial charge in [-0.15, -0.1) is 0 Å². The van der Waals surface area contributed by atoms with E-state index in [4.69, 9.17) is 9.84 Å². The molecule has 0 spiro atoms. The zero-order chi connectivity index (χ0) is 11.5.